The Morgan fingerprint density at radius 1 is 0.826 bits per heavy atom. The molecule has 1 radical (unpaired) electrons. The van der Waals surface area contributed by atoms with Crippen molar-refractivity contribution in [2.75, 3.05) is 0 Å². The van der Waals surface area contributed by atoms with E-state index in [0.29, 0.717) is 0 Å². The van der Waals surface area contributed by atoms with Gasteiger partial charge in [-0.25, -0.2) is 0 Å². The van der Waals surface area contributed by atoms with Crippen LogP contribution in [0.25, 0.3) is 33.3 Å². The van der Waals surface area contributed by atoms with Gasteiger partial charge in [0.15, 0.2) is 5.78 Å². The van der Waals surface area contributed by atoms with Crippen LogP contribution in [0, 0.1) is 16.9 Å². The average molecular weight is 796 g/mol. The molecule has 247 valence electrons. The molecule has 2 aromatic heterocycles. The van der Waals surface area contributed by atoms with Crippen LogP contribution in [0.5, 0.6) is 0 Å². The number of aliphatic hydroxyl groups is 1. The van der Waals surface area contributed by atoms with Crippen LogP contribution in [0.1, 0.15) is 105 Å². The first kappa shape index (κ1) is 37.3. The maximum Gasteiger partial charge on any atom is 0.164 e. The Kier molecular flexibility index (Phi) is 12.3. The van der Waals surface area contributed by atoms with Gasteiger partial charge in [0.1, 0.15) is 5.76 Å². The van der Waals surface area contributed by atoms with E-state index < -0.39 is 0 Å². The second-order valence-electron chi connectivity index (χ2n) is 14.0. The van der Waals surface area contributed by atoms with Gasteiger partial charge in [0, 0.05) is 55.1 Å². The number of rotatable bonds is 8. The van der Waals surface area contributed by atoms with Crippen molar-refractivity contribution in [1.82, 2.24) is 9.97 Å². The van der Waals surface area contributed by atoms with E-state index in [2.05, 4.69) is 74.3 Å². The van der Waals surface area contributed by atoms with Crippen LogP contribution >= 0.6 is 0 Å². The Hall–Kier alpha value is -3.14. The fraction of sp³-hybridized carbons (Fsp3) is 0.439. The van der Waals surface area contributed by atoms with E-state index in [1.54, 1.807) is 0 Å². The predicted octanol–water partition coefficient (Wildman–Crippen LogP) is 10.8. The first-order chi connectivity index (χ1) is 21.3. The second-order valence-corrected chi connectivity index (χ2v) is 14.0. The Morgan fingerprint density at radius 3 is 2.09 bits per heavy atom. The number of allylic oxidation sites excluding steroid dienone is 2. The quantitative estimate of drug-likeness (QED) is 0.110. The van der Waals surface area contributed by atoms with Crippen LogP contribution in [0.3, 0.4) is 0 Å². The van der Waals surface area contributed by atoms with Gasteiger partial charge in [-0.3, -0.25) is 14.8 Å². The van der Waals surface area contributed by atoms with Crippen LogP contribution in [0.15, 0.2) is 72.8 Å². The maximum absolute atomic E-state index is 12.2. The first-order valence-corrected chi connectivity index (χ1v) is 16.7. The van der Waals surface area contributed by atoms with E-state index >= 15 is 0 Å². The van der Waals surface area contributed by atoms with Crippen LogP contribution in [0.4, 0.5) is 0 Å². The summed E-state index contributed by atoms with van der Waals surface area (Å²) in [4.78, 5) is 21.6. The number of nitrogens with zero attached hydrogens (tertiary/aromatic N) is 2. The number of hydrogen-bond acceptors (Lipinski definition) is 4. The minimum atomic E-state index is -0.337. The summed E-state index contributed by atoms with van der Waals surface area (Å²) >= 11 is 0. The van der Waals surface area contributed by atoms with Gasteiger partial charge in [-0.1, -0.05) is 97.5 Å². The van der Waals surface area contributed by atoms with Gasteiger partial charge in [-0.2, -0.15) is 0 Å². The van der Waals surface area contributed by atoms with E-state index in [4.69, 9.17) is 4.98 Å². The van der Waals surface area contributed by atoms with Crippen LogP contribution in [0.2, 0.25) is 0 Å². The second kappa shape index (κ2) is 15.2. The van der Waals surface area contributed by atoms with Crippen LogP contribution < -0.4 is 0 Å². The largest absolute Gasteiger partial charge is 0.512 e. The molecule has 1 N–H and O–H groups in total. The summed E-state index contributed by atoms with van der Waals surface area (Å²) in [5.74, 6) is 0.286. The van der Waals surface area contributed by atoms with Crippen LogP contribution in [-0.4, -0.2) is 20.9 Å². The molecule has 46 heavy (non-hydrogen) atoms. The number of carbonyl (C=O) groups excluding carboxylic acids is 1. The number of hydrogen-bond donors (Lipinski definition) is 1. The average Bonchev–Trinajstić information content (AvgIpc) is 3.06. The van der Waals surface area contributed by atoms with Gasteiger partial charge in [0.25, 0.3) is 0 Å². The molecule has 0 saturated heterocycles. The summed E-state index contributed by atoms with van der Waals surface area (Å²) in [7, 11) is 0. The first-order valence-electron chi connectivity index (χ1n) is 16.7. The number of aliphatic hydroxyl groups excluding tert-OH is 1. The number of benzene rings is 2. The third-order valence-electron chi connectivity index (χ3n) is 10.3. The Morgan fingerprint density at radius 2 is 1.46 bits per heavy atom. The van der Waals surface area contributed by atoms with Crippen molar-refractivity contribution in [2.45, 2.75) is 106 Å². The van der Waals surface area contributed by atoms with E-state index in [9.17, 15) is 9.90 Å². The van der Waals surface area contributed by atoms with Crippen molar-refractivity contribution in [1.29, 1.82) is 0 Å². The number of ketones is 1. The number of aryl methyl sites for hydroxylation is 1. The third kappa shape index (κ3) is 7.69. The van der Waals surface area contributed by atoms with E-state index in [-0.39, 0.29) is 47.9 Å². The molecule has 0 aliphatic heterocycles. The summed E-state index contributed by atoms with van der Waals surface area (Å²) in [6.45, 7) is 18.9. The van der Waals surface area contributed by atoms with E-state index in [1.165, 1.54) is 33.7 Å². The van der Waals surface area contributed by atoms with Crippen molar-refractivity contribution in [3.05, 3.63) is 95.5 Å². The van der Waals surface area contributed by atoms with E-state index in [1.807, 2.05) is 60.0 Å². The smallest absolute Gasteiger partial charge is 0.164 e. The van der Waals surface area contributed by atoms with Crippen molar-refractivity contribution >= 4 is 16.6 Å². The maximum atomic E-state index is 12.2. The Balaban J connectivity index is 0.000000280. The van der Waals surface area contributed by atoms with Gasteiger partial charge in [-0.15, -0.1) is 29.1 Å². The minimum absolute atomic E-state index is 0. The van der Waals surface area contributed by atoms with Crippen molar-refractivity contribution in [3.8, 4) is 22.5 Å². The molecule has 0 amide bonds. The minimum Gasteiger partial charge on any atom is -0.512 e. The molecule has 2 aromatic carbocycles. The molecule has 0 unspecified atom stereocenters. The fourth-order valence-electron chi connectivity index (χ4n) is 6.00. The molecular formula is C41H51IrN2O2-. The zero-order valence-corrected chi connectivity index (χ0v) is 31.6. The monoisotopic (exact) mass is 796 g/mol. The number of aromatic nitrogens is 2. The van der Waals surface area contributed by atoms with Crippen molar-refractivity contribution in [3.63, 3.8) is 0 Å². The summed E-state index contributed by atoms with van der Waals surface area (Å²) < 4.78 is 0. The summed E-state index contributed by atoms with van der Waals surface area (Å²) in [5.41, 5.74) is 7.84. The molecule has 0 saturated carbocycles. The zero-order chi connectivity index (χ0) is 33.0. The molecule has 0 spiro atoms. The fourth-order valence-corrected chi connectivity index (χ4v) is 6.00. The SMILES string of the molecule is CC(C)(C)c1cc(-c2nccc3c2CCc2cccnc2-3)[c-]c2ccccc12.CCC(C)(CC)C(=O)/C=C(\O)C(C)(CC)CC.[Ir]. The molecule has 4 aromatic rings. The van der Waals surface area contributed by atoms with Gasteiger partial charge >= 0.3 is 0 Å². The van der Waals surface area contributed by atoms with Gasteiger partial charge in [0.2, 0.25) is 0 Å². The molecule has 1 aliphatic carbocycles. The molecule has 2 heterocycles. The predicted molar refractivity (Wildman–Crippen MR) is 188 cm³/mol. The molecule has 4 nitrogen and oxygen atoms in total. The number of pyridine rings is 2. The molecule has 0 bridgehead atoms. The third-order valence-corrected chi connectivity index (χ3v) is 10.3. The van der Waals surface area contributed by atoms with Gasteiger partial charge in [-0.05, 0) is 72.8 Å². The topological polar surface area (TPSA) is 63.1 Å². The summed E-state index contributed by atoms with van der Waals surface area (Å²) in [6.07, 6.45) is 10.5. The van der Waals surface area contributed by atoms with E-state index in [0.717, 1.165) is 60.9 Å². The molecule has 5 rings (SSSR count). The van der Waals surface area contributed by atoms with Gasteiger partial charge < -0.3 is 5.11 Å². The Labute approximate surface area is 290 Å². The number of fused-ring (bicyclic) bond motifs is 4. The van der Waals surface area contributed by atoms with Crippen molar-refractivity contribution < 1.29 is 30.0 Å². The molecule has 0 atom stereocenters. The zero-order valence-electron chi connectivity index (χ0n) is 29.2. The normalized spacial score (nSPS) is 13.2. The molecule has 0 fully saturated rings. The summed E-state index contributed by atoms with van der Waals surface area (Å²) in [6, 6.07) is 20.8. The number of carbonyl (C=O) groups is 1. The molecule has 1 aliphatic rings. The summed E-state index contributed by atoms with van der Waals surface area (Å²) in [5, 5.41) is 12.6. The Bertz CT molecular complexity index is 1690. The van der Waals surface area contributed by atoms with Crippen molar-refractivity contribution in [2.24, 2.45) is 10.8 Å². The molecular weight excluding hydrogens is 745 g/mol. The van der Waals surface area contributed by atoms with Gasteiger partial charge in [0.05, 0.1) is 5.69 Å². The van der Waals surface area contributed by atoms with Crippen LogP contribution in [-0.2, 0) is 43.2 Å². The standard InChI is InChI=1S/C26H23N2.C15H28O2.Ir/c1-26(2,3)23-16-19(15-18-7-4-5-9-20(18)23)25-21-11-10-17-8-6-13-27-24(17)22(21)12-14-28-25;1-7-14(5,8-2)12(16)11-13(17)15(6,9-3)10-4;/h4-9,12-14,16H,10-11H2,1-3H3;11,16H,7-10H2,1-6H3;/q-1;;/b;12-11-;. The molecule has 5 heteroatoms.